The lowest BCUT2D eigenvalue weighted by atomic mass is 9.93. The summed E-state index contributed by atoms with van der Waals surface area (Å²) in [5, 5.41) is 21.9. The van der Waals surface area contributed by atoms with Gasteiger partial charge in [-0.1, -0.05) is 31.0 Å². The Morgan fingerprint density at radius 2 is 1.84 bits per heavy atom. The topological polar surface area (TPSA) is 89.9 Å². The van der Waals surface area contributed by atoms with Gasteiger partial charge in [0, 0.05) is 36.5 Å². The summed E-state index contributed by atoms with van der Waals surface area (Å²) < 4.78 is 0. The molecule has 1 aromatic rings. The molecule has 3 aliphatic rings. The highest BCUT2D eigenvalue weighted by atomic mass is 16.4. The van der Waals surface area contributed by atoms with Gasteiger partial charge in [0.25, 0.3) is 0 Å². The summed E-state index contributed by atoms with van der Waals surface area (Å²) in [6.07, 6.45) is 3.84. The first kappa shape index (κ1) is 16.2. The third-order valence-corrected chi connectivity index (χ3v) is 6.12. The predicted octanol–water partition coefficient (Wildman–Crippen LogP) is 2.32. The van der Waals surface area contributed by atoms with Gasteiger partial charge in [-0.2, -0.15) is 0 Å². The quantitative estimate of drug-likeness (QED) is 0.782. The standard InChI is InChI=1S/C19H24N2O4/c22-16(21-9-14-15(10-21)17(14)20-19(24)25)8-12-6-3-7-13(18(12)23)11-4-1-2-5-11/h3,6-7,11,14-15,17,20,23H,1-2,4-5,8-10H2,(H,24,25). The van der Waals surface area contributed by atoms with Crippen LogP contribution in [-0.4, -0.2) is 46.2 Å². The van der Waals surface area contributed by atoms with Gasteiger partial charge in [-0.3, -0.25) is 4.79 Å². The van der Waals surface area contributed by atoms with Crippen LogP contribution in [0.3, 0.4) is 0 Å². The molecule has 1 aliphatic heterocycles. The van der Waals surface area contributed by atoms with Gasteiger partial charge in [-0.05, 0) is 24.3 Å². The number of carbonyl (C=O) groups is 2. The number of phenols is 1. The summed E-state index contributed by atoms with van der Waals surface area (Å²) in [5.41, 5.74) is 1.69. The van der Waals surface area contributed by atoms with Crippen LogP contribution >= 0.6 is 0 Å². The van der Waals surface area contributed by atoms with E-state index in [1.807, 2.05) is 18.2 Å². The molecule has 0 aromatic heterocycles. The molecule has 2 aliphatic carbocycles. The number of hydrogen-bond acceptors (Lipinski definition) is 3. The van der Waals surface area contributed by atoms with E-state index in [9.17, 15) is 14.7 Å². The second kappa shape index (κ2) is 6.24. The number of carbonyl (C=O) groups excluding carboxylic acids is 1. The molecule has 1 aromatic carbocycles. The molecule has 1 heterocycles. The third-order valence-electron chi connectivity index (χ3n) is 6.12. The van der Waals surface area contributed by atoms with Crippen LogP contribution in [-0.2, 0) is 11.2 Å². The SMILES string of the molecule is O=C(O)NC1C2CN(C(=O)Cc3cccc(C4CCCC4)c3O)CC21. The Labute approximate surface area is 146 Å². The number of fused-ring (bicyclic) bond motifs is 1. The molecule has 25 heavy (non-hydrogen) atoms. The van der Waals surface area contributed by atoms with Crippen molar-refractivity contribution >= 4 is 12.0 Å². The average molecular weight is 344 g/mol. The van der Waals surface area contributed by atoms with Crippen LogP contribution in [0.25, 0.3) is 0 Å². The maximum Gasteiger partial charge on any atom is 0.404 e. The van der Waals surface area contributed by atoms with E-state index in [4.69, 9.17) is 5.11 Å². The number of nitrogens with one attached hydrogen (secondary N) is 1. The van der Waals surface area contributed by atoms with E-state index in [0.29, 0.717) is 24.6 Å². The minimum Gasteiger partial charge on any atom is -0.507 e. The number of piperidine rings is 1. The average Bonchev–Trinajstić information content (AvgIpc) is 3.03. The normalized spacial score (nSPS) is 28.0. The van der Waals surface area contributed by atoms with Gasteiger partial charge in [0.1, 0.15) is 5.75 Å². The number of hydrogen-bond donors (Lipinski definition) is 3. The van der Waals surface area contributed by atoms with Crippen LogP contribution < -0.4 is 5.32 Å². The highest BCUT2D eigenvalue weighted by Gasteiger charge is 2.57. The fourth-order valence-corrected chi connectivity index (χ4v) is 4.68. The Hall–Kier alpha value is -2.24. The van der Waals surface area contributed by atoms with Crippen molar-refractivity contribution in [1.29, 1.82) is 0 Å². The lowest BCUT2D eigenvalue weighted by Crippen LogP contribution is -2.37. The van der Waals surface area contributed by atoms with Crippen LogP contribution in [0.5, 0.6) is 5.75 Å². The number of likely N-dealkylation sites (tertiary alicyclic amines) is 1. The number of phenolic OH excluding ortho intramolecular Hbond substituents is 1. The van der Waals surface area contributed by atoms with Crippen LogP contribution in [0, 0.1) is 11.8 Å². The van der Waals surface area contributed by atoms with Gasteiger partial charge in [0.2, 0.25) is 5.91 Å². The first-order valence-electron chi connectivity index (χ1n) is 9.12. The lowest BCUT2D eigenvalue weighted by Gasteiger charge is -2.21. The van der Waals surface area contributed by atoms with Crippen LogP contribution in [0.4, 0.5) is 4.79 Å². The molecular weight excluding hydrogens is 320 g/mol. The summed E-state index contributed by atoms with van der Waals surface area (Å²) in [6, 6.07) is 5.74. The van der Waals surface area contributed by atoms with Crippen molar-refractivity contribution in [2.24, 2.45) is 11.8 Å². The summed E-state index contributed by atoms with van der Waals surface area (Å²) in [5.74, 6) is 1.21. The van der Waals surface area contributed by atoms with Gasteiger partial charge >= 0.3 is 6.09 Å². The Morgan fingerprint density at radius 1 is 1.16 bits per heavy atom. The molecule has 6 heteroatoms. The second-order valence-corrected chi connectivity index (χ2v) is 7.61. The zero-order valence-corrected chi connectivity index (χ0v) is 14.1. The van der Waals surface area contributed by atoms with Crippen molar-refractivity contribution < 1.29 is 19.8 Å². The summed E-state index contributed by atoms with van der Waals surface area (Å²) in [6.45, 7) is 1.22. The monoisotopic (exact) mass is 344 g/mol. The molecule has 0 bridgehead atoms. The molecule has 3 fully saturated rings. The van der Waals surface area contributed by atoms with Crippen LogP contribution in [0.15, 0.2) is 18.2 Å². The number of benzene rings is 1. The van der Waals surface area contributed by atoms with Crippen molar-refractivity contribution in [3.05, 3.63) is 29.3 Å². The Balaban J connectivity index is 1.38. The molecular formula is C19H24N2O4. The van der Waals surface area contributed by atoms with E-state index in [0.717, 1.165) is 18.4 Å². The van der Waals surface area contributed by atoms with Gasteiger partial charge < -0.3 is 20.4 Å². The van der Waals surface area contributed by atoms with Crippen molar-refractivity contribution in [2.75, 3.05) is 13.1 Å². The van der Waals surface area contributed by atoms with Crippen molar-refractivity contribution in [3.8, 4) is 5.75 Å². The maximum absolute atomic E-state index is 12.6. The zero-order valence-electron chi connectivity index (χ0n) is 14.1. The molecule has 2 unspecified atom stereocenters. The summed E-state index contributed by atoms with van der Waals surface area (Å²) >= 11 is 0. The van der Waals surface area contributed by atoms with Crippen LogP contribution in [0.2, 0.25) is 0 Å². The van der Waals surface area contributed by atoms with E-state index < -0.39 is 6.09 Å². The highest BCUT2D eigenvalue weighted by molar-refractivity contribution is 5.80. The van der Waals surface area contributed by atoms with Crippen molar-refractivity contribution in [1.82, 2.24) is 10.2 Å². The van der Waals surface area contributed by atoms with Crippen molar-refractivity contribution in [3.63, 3.8) is 0 Å². The molecule has 2 amide bonds. The summed E-state index contributed by atoms with van der Waals surface area (Å²) in [4.78, 5) is 25.1. The molecule has 0 radical (unpaired) electrons. The highest BCUT2D eigenvalue weighted by Crippen LogP contribution is 2.46. The fraction of sp³-hybridized carbons (Fsp3) is 0.579. The lowest BCUT2D eigenvalue weighted by molar-refractivity contribution is -0.130. The smallest absolute Gasteiger partial charge is 0.404 e. The molecule has 3 N–H and O–H groups in total. The second-order valence-electron chi connectivity index (χ2n) is 7.61. The number of amides is 2. The minimum absolute atomic E-state index is 0.000599. The molecule has 1 saturated heterocycles. The van der Waals surface area contributed by atoms with Gasteiger partial charge in [-0.15, -0.1) is 0 Å². The largest absolute Gasteiger partial charge is 0.507 e. The Morgan fingerprint density at radius 3 is 2.48 bits per heavy atom. The van der Waals surface area contributed by atoms with E-state index in [-0.39, 0.29) is 36.0 Å². The van der Waals surface area contributed by atoms with Crippen molar-refractivity contribution in [2.45, 2.75) is 44.1 Å². The van der Waals surface area contributed by atoms with E-state index in [1.165, 1.54) is 12.8 Å². The van der Waals surface area contributed by atoms with E-state index in [2.05, 4.69) is 5.32 Å². The zero-order chi connectivity index (χ0) is 17.6. The van der Waals surface area contributed by atoms with E-state index in [1.54, 1.807) is 4.90 Å². The first-order valence-corrected chi connectivity index (χ1v) is 9.12. The number of carboxylic acid groups (broad SMARTS) is 1. The molecule has 2 saturated carbocycles. The first-order chi connectivity index (χ1) is 12.0. The minimum atomic E-state index is -0.995. The number of aromatic hydroxyl groups is 1. The molecule has 6 nitrogen and oxygen atoms in total. The fourth-order valence-electron chi connectivity index (χ4n) is 4.68. The third kappa shape index (κ3) is 3.05. The van der Waals surface area contributed by atoms with Gasteiger partial charge in [-0.25, -0.2) is 4.79 Å². The number of nitrogens with zero attached hydrogens (tertiary/aromatic N) is 1. The maximum atomic E-state index is 12.6. The van der Waals surface area contributed by atoms with Gasteiger partial charge in [0.05, 0.1) is 6.42 Å². The predicted molar refractivity (Wildman–Crippen MR) is 91.5 cm³/mol. The summed E-state index contributed by atoms with van der Waals surface area (Å²) in [7, 11) is 0. The number of para-hydroxylation sites is 1. The Kier molecular flexibility index (Phi) is 4.06. The Bertz CT molecular complexity index is 687. The molecule has 0 spiro atoms. The molecule has 2 atom stereocenters. The van der Waals surface area contributed by atoms with Crippen LogP contribution in [0.1, 0.15) is 42.7 Å². The van der Waals surface area contributed by atoms with Gasteiger partial charge in [0.15, 0.2) is 0 Å². The molecule has 134 valence electrons. The molecule has 4 rings (SSSR count). The van der Waals surface area contributed by atoms with E-state index >= 15 is 0 Å². The number of rotatable bonds is 4.